The molecule has 0 bridgehead atoms. The van der Waals surface area contributed by atoms with E-state index in [4.69, 9.17) is 9.47 Å². The number of methoxy groups -OCH3 is 2. The summed E-state index contributed by atoms with van der Waals surface area (Å²) >= 11 is 0. The third-order valence-corrected chi connectivity index (χ3v) is 4.32. The molecule has 0 radical (unpaired) electrons. The summed E-state index contributed by atoms with van der Waals surface area (Å²) < 4.78 is 10.8. The Labute approximate surface area is 125 Å². The van der Waals surface area contributed by atoms with Gasteiger partial charge in [-0.3, -0.25) is 0 Å². The lowest BCUT2D eigenvalue weighted by Crippen LogP contribution is -2.11. The molecule has 0 fully saturated rings. The molecule has 1 N–H and O–H groups in total. The molecule has 1 aliphatic rings. The van der Waals surface area contributed by atoms with Crippen molar-refractivity contribution < 1.29 is 14.6 Å². The van der Waals surface area contributed by atoms with Gasteiger partial charge in [-0.25, -0.2) is 0 Å². The summed E-state index contributed by atoms with van der Waals surface area (Å²) in [6.07, 6.45) is 1.33. The Hall–Kier alpha value is -2.00. The standard InChI is InChI=1S/C18H20O3/c1-20-15-8-5-9-16(21-2)17(15)18(19)14-11-10-12-6-3-4-7-13(12)14/h3-9,14,18-19H,10-11H2,1-2H3. The summed E-state index contributed by atoms with van der Waals surface area (Å²) in [5.41, 5.74) is 3.30. The molecule has 110 valence electrons. The maximum absolute atomic E-state index is 10.9. The van der Waals surface area contributed by atoms with E-state index in [1.54, 1.807) is 14.2 Å². The zero-order valence-corrected chi connectivity index (χ0v) is 12.4. The minimum absolute atomic E-state index is 0.0893. The van der Waals surface area contributed by atoms with Crippen LogP contribution in [0.25, 0.3) is 0 Å². The number of aliphatic hydroxyl groups is 1. The van der Waals surface area contributed by atoms with Gasteiger partial charge in [0.1, 0.15) is 11.5 Å². The molecule has 3 rings (SSSR count). The first kappa shape index (κ1) is 14.0. The van der Waals surface area contributed by atoms with Gasteiger partial charge in [0, 0.05) is 5.92 Å². The Morgan fingerprint density at radius 3 is 2.33 bits per heavy atom. The second kappa shape index (κ2) is 5.78. The van der Waals surface area contributed by atoms with Gasteiger partial charge in [-0.1, -0.05) is 30.3 Å². The Morgan fingerprint density at radius 1 is 1.00 bits per heavy atom. The molecule has 0 saturated carbocycles. The van der Waals surface area contributed by atoms with Crippen molar-refractivity contribution in [1.82, 2.24) is 0 Å². The molecule has 0 aromatic heterocycles. The maximum atomic E-state index is 10.9. The third-order valence-electron chi connectivity index (χ3n) is 4.32. The van der Waals surface area contributed by atoms with Crippen molar-refractivity contribution in [2.45, 2.75) is 24.9 Å². The van der Waals surface area contributed by atoms with Gasteiger partial charge in [-0.15, -0.1) is 0 Å². The summed E-state index contributed by atoms with van der Waals surface area (Å²) in [6.45, 7) is 0. The number of fused-ring (bicyclic) bond motifs is 1. The SMILES string of the molecule is COc1cccc(OC)c1C(O)C1CCc2ccccc21. The van der Waals surface area contributed by atoms with E-state index in [2.05, 4.69) is 18.2 Å². The van der Waals surface area contributed by atoms with Crippen LogP contribution >= 0.6 is 0 Å². The van der Waals surface area contributed by atoms with Gasteiger partial charge in [0.15, 0.2) is 0 Å². The van der Waals surface area contributed by atoms with Crippen LogP contribution in [0, 0.1) is 0 Å². The Bertz CT molecular complexity index is 614. The lowest BCUT2D eigenvalue weighted by molar-refractivity contribution is 0.137. The molecule has 0 amide bonds. The third kappa shape index (κ3) is 2.38. The molecule has 3 heteroatoms. The molecule has 2 aromatic carbocycles. The van der Waals surface area contributed by atoms with Crippen LogP contribution in [0.3, 0.4) is 0 Å². The quantitative estimate of drug-likeness (QED) is 0.934. The molecule has 0 heterocycles. The van der Waals surface area contributed by atoms with Crippen LogP contribution in [0.15, 0.2) is 42.5 Å². The predicted octanol–water partition coefficient (Wildman–Crippen LogP) is 3.47. The first-order valence-electron chi connectivity index (χ1n) is 7.23. The Morgan fingerprint density at radius 2 is 1.67 bits per heavy atom. The summed E-state index contributed by atoms with van der Waals surface area (Å²) in [7, 11) is 3.24. The van der Waals surface area contributed by atoms with Crippen molar-refractivity contribution in [3.8, 4) is 11.5 Å². The van der Waals surface area contributed by atoms with Gasteiger partial charge in [0.05, 0.1) is 25.9 Å². The van der Waals surface area contributed by atoms with Crippen LogP contribution in [-0.4, -0.2) is 19.3 Å². The first-order chi connectivity index (χ1) is 10.3. The number of aliphatic hydroxyl groups excluding tert-OH is 1. The van der Waals surface area contributed by atoms with E-state index in [1.807, 2.05) is 24.3 Å². The molecular weight excluding hydrogens is 264 g/mol. The zero-order valence-electron chi connectivity index (χ0n) is 12.4. The van der Waals surface area contributed by atoms with Gasteiger partial charge >= 0.3 is 0 Å². The molecule has 0 aliphatic heterocycles. The monoisotopic (exact) mass is 284 g/mol. The number of benzene rings is 2. The van der Waals surface area contributed by atoms with Crippen LogP contribution in [0.5, 0.6) is 11.5 Å². The predicted molar refractivity (Wildman–Crippen MR) is 82.0 cm³/mol. The number of rotatable bonds is 4. The fraction of sp³-hybridized carbons (Fsp3) is 0.333. The lowest BCUT2D eigenvalue weighted by atomic mass is 9.89. The number of hydrogen-bond acceptors (Lipinski definition) is 3. The van der Waals surface area contributed by atoms with Crippen molar-refractivity contribution in [2.24, 2.45) is 0 Å². The van der Waals surface area contributed by atoms with Gasteiger partial charge < -0.3 is 14.6 Å². The highest BCUT2D eigenvalue weighted by Gasteiger charge is 2.32. The zero-order chi connectivity index (χ0) is 14.8. The minimum atomic E-state index is -0.625. The van der Waals surface area contributed by atoms with E-state index in [-0.39, 0.29) is 5.92 Å². The van der Waals surface area contributed by atoms with Crippen molar-refractivity contribution in [2.75, 3.05) is 14.2 Å². The minimum Gasteiger partial charge on any atom is -0.496 e. The molecule has 3 nitrogen and oxygen atoms in total. The van der Waals surface area contributed by atoms with Gasteiger partial charge in [0.25, 0.3) is 0 Å². The fourth-order valence-corrected chi connectivity index (χ4v) is 3.29. The van der Waals surface area contributed by atoms with Crippen LogP contribution in [0.4, 0.5) is 0 Å². The lowest BCUT2D eigenvalue weighted by Gasteiger charge is -2.23. The number of hydrogen-bond donors (Lipinski definition) is 1. The highest BCUT2D eigenvalue weighted by atomic mass is 16.5. The van der Waals surface area contributed by atoms with E-state index in [0.717, 1.165) is 18.4 Å². The summed E-state index contributed by atoms with van der Waals surface area (Å²) in [6, 6.07) is 13.9. The van der Waals surface area contributed by atoms with Gasteiger partial charge in [-0.2, -0.15) is 0 Å². The maximum Gasteiger partial charge on any atom is 0.128 e. The normalized spacial score (nSPS) is 18.1. The van der Waals surface area contributed by atoms with E-state index in [0.29, 0.717) is 11.5 Å². The van der Waals surface area contributed by atoms with E-state index < -0.39 is 6.10 Å². The molecule has 0 saturated heterocycles. The highest BCUT2D eigenvalue weighted by molar-refractivity contribution is 5.49. The Balaban J connectivity index is 2.02. The fourth-order valence-electron chi connectivity index (χ4n) is 3.29. The van der Waals surface area contributed by atoms with Crippen molar-refractivity contribution in [3.63, 3.8) is 0 Å². The second-order valence-corrected chi connectivity index (χ2v) is 5.37. The van der Waals surface area contributed by atoms with E-state index in [1.165, 1.54) is 11.1 Å². The first-order valence-corrected chi connectivity index (χ1v) is 7.23. The van der Waals surface area contributed by atoms with Gasteiger partial charge in [-0.05, 0) is 36.1 Å². The molecule has 2 unspecified atom stereocenters. The molecule has 1 aliphatic carbocycles. The Kier molecular flexibility index (Phi) is 3.84. The van der Waals surface area contributed by atoms with E-state index in [9.17, 15) is 5.11 Å². The summed E-state index contributed by atoms with van der Waals surface area (Å²) in [4.78, 5) is 0. The smallest absolute Gasteiger partial charge is 0.128 e. The molecular formula is C18H20O3. The van der Waals surface area contributed by atoms with Crippen LogP contribution < -0.4 is 9.47 Å². The molecule has 2 aromatic rings. The number of ether oxygens (including phenoxy) is 2. The van der Waals surface area contributed by atoms with Gasteiger partial charge in [0.2, 0.25) is 0 Å². The van der Waals surface area contributed by atoms with Crippen molar-refractivity contribution in [3.05, 3.63) is 59.2 Å². The average Bonchev–Trinajstić information content (AvgIpc) is 2.97. The average molecular weight is 284 g/mol. The molecule has 21 heavy (non-hydrogen) atoms. The highest BCUT2D eigenvalue weighted by Crippen LogP contribution is 2.46. The van der Waals surface area contributed by atoms with Crippen LogP contribution in [0.1, 0.15) is 35.1 Å². The summed E-state index contributed by atoms with van der Waals surface area (Å²) in [5, 5.41) is 10.9. The van der Waals surface area contributed by atoms with E-state index >= 15 is 0 Å². The second-order valence-electron chi connectivity index (χ2n) is 5.37. The molecule has 2 atom stereocenters. The topological polar surface area (TPSA) is 38.7 Å². The van der Waals surface area contributed by atoms with Crippen LogP contribution in [-0.2, 0) is 6.42 Å². The number of aryl methyl sites for hydroxylation is 1. The van der Waals surface area contributed by atoms with Crippen LogP contribution in [0.2, 0.25) is 0 Å². The van der Waals surface area contributed by atoms with Crippen molar-refractivity contribution >= 4 is 0 Å². The molecule has 0 spiro atoms. The van der Waals surface area contributed by atoms with Crippen molar-refractivity contribution in [1.29, 1.82) is 0 Å². The largest absolute Gasteiger partial charge is 0.496 e. The summed E-state index contributed by atoms with van der Waals surface area (Å²) in [5.74, 6) is 1.43.